The number of hydrogen-bond donors (Lipinski definition) is 1. The van der Waals surface area contributed by atoms with Crippen LogP contribution in [0.5, 0.6) is 0 Å². The molecule has 0 unspecified atom stereocenters. The van der Waals surface area contributed by atoms with E-state index in [-0.39, 0.29) is 10.6 Å². The zero-order valence-corrected chi connectivity index (χ0v) is 10.1. The topological polar surface area (TPSA) is 37.3 Å². The first-order valence-electron chi connectivity index (χ1n) is 3.79. The van der Waals surface area contributed by atoms with Gasteiger partial charge in [-0.15, -0.1) is 0 Å². The van der Waals surface area contributed by atoms with Gasteiger partial charge in [-0.3, -0.25) is 4.79 Å². The van der Waals surface area contributed by atoms with Crippen molar-refractivity contribution in [2.24, 2.45) is 0 Å². The van der Waals surface area contributed by atoms with Gasteiger partial charge >= 0.3 is 5.97 Å². The molecule has 1 N–H and O–H groups in total. The van der Waals surface area contributed by atoms with Gasteiger partial charge in [0.1, 0.15) is 10.6 Å². The lowest BCUT2D eigenvalue weighted by molar-refractivity contribution is -0.136. The molecule has 0 fully saturated rings. The Bertz CT molecular complexity index is 326. The van der Waals surface area contributed by atoms with Gasteiger partial charge in [-0.05, 0) is 17.7 Å². The standard InChI is InChI=1S/C9H7Br2FO2/c10-7(8(11)9(13)14)5-1-3-6(12)4-2-5/h1-4,7-8H,(H,13,14)/t7-,8+/m0/s1. The molecule has 0 heterocycles. The molecule has 0 radical (unpaired) electrons. The van der Waals surface area contributed by atoms with E-state index in [1.54, 1.807) is 12.1 Å². The molecular weight excluding hydrogens is 319 g/mol. The average molecular weight is 326 g/mol. The number of rotatable bonds is 3. The molecule has 0 saturated heterocycles. The van der Waals surface area contributed by atoms with E-state index in [1.807, 2.05) is 0 Å². The molecule has 0 saturated carbocycles. The zero-order valence-electron chi connectivity index (χ0n) is 6.95. The lowest BCUT2D eigenvalue weighted by Gasteiger charge is -2.12. The van der Waals surface area contributed by atoms with Crippen LogP contribution in [0.4, 0.5) is 4.39 Å². The summed E-state index contributed by atoms with van der Waals surface area (Å²) in [5, 5.41) is 8.72. The van der Waals surface area contributed by atoms with Gasteiger partial charge in [-0.2, -0.15) is 0 Å². The number of halogens is 3. The third kappa shape index (κ3) is 2.78. The molecule has 0 aliphatic heterocycles. The number of hydrogen-bond acceptors (Lipinski definition) is 1. The molecule has 1 rings (SSSR count). The van der Waals surface area contributed by atoms with Gasteiger partial charge in [0.15, 0.2) is 0 Å². The highest BCUT2D eigenvalue weighted by molar-refractivity contribution is 9.12. The summed E-state index contributed by atoms with van der Waals surface area (Å²) in [6.45, 7) is 0. The van der Waals surface area contributed by atoms with Crippen molar-refractivity contribution in [1.82, 2.24) is 0 Å². The fourth-order valence-electron chi connectivity index (χ4n) is 0.941. The van der Waals surface area contributed by atoms with Crippen molar-refractivity contribution in [2.75, 3.05) is 0 Å². The molecule has 0 aromatic heterocycles. The third-order valence-corrected chi connectivity index (χ3v) is 4.37. The van der Waals surface area contributed by atoms with Gasteiger partial charge in [-0.1, -0.05) is 44.0 Å². The Hall–Kier alpha value is -0.420. The SMILES string of the molecule is O=C(O)[C@H](Br)[C@@H](Br)c1ccc(F)cc1. The second kappa shape index (κ2) is 4.89. The van der Waals surface area contributed by atoms with E-state index in [4.69, 9.17) is 5.11 Å². The molecular formula is C9H7Br2FO2. The summed E-state index contributed by atoms with van der Waals surface area (Å²) in [7, 11) is 0. The lowest BCUT2D eigenvalue weighted by atomic mass is 10.1. The van der Waals surface area contributed by atoms with Gasteiger partial charge in [0.25, 0.3) is 0 Å². The molecule has 5 heteroatoms. The maximum Gasteiger partial charge on any atom is 0.318 e. The predicted octanol–water partition coefficient (Wildman–Crippen LogP) is 3.11. The second-order valence-electron chi connectivity index (χ2n) is 2.69. The molecule has 0 spiro atoms. The number of aliphatic carboxylic acids is 1. The van der Waals surface area contributed by atoms with Crippen LogP contribution in [0.2, 0.25) is 0 Å². The summed E-state index contributed by atoms with van der Waals surface area (Å²) in [5.41, 5.74) is 0.718. The van der Waals surface area contributed by atoms with Gasteiger partial charge in [0.2, 0.25) is 0 Å². The van der Waals surface area contributed by atoms with Crippen LogP contribution >= 0.6 is 31.9 Å². The molecule has 0 aliphatic carbocycles. The Balaban J connectivity index is 2.84. The summed E-state index contributed by atoms with van der Waals surface area (Å²) in [6.07, 6.45) is 0. The fraction of sp³-hybridized carbons (Fsp3) is 0.222. The Morgan fingerprint density at radius 2 is 1.79 bits per heavy atom. The molecule has 2 nitrogen and oxygen atoms in total. The normalized spacial score (nSPS) is 14.8. The Morgan fingerprint density at radius 3 is 2.21 bits per heavy atom. The van der Waals surface area contributed by atoms with Crippen molar-refractivity contribution in [3.05, 3.63) is 35.6 Å². The van der Waals surface area contributed by atoms with Crippen LogP contribution in [0.1, 0.15) is 10.4 Å². The van der Waals surface area contributed by atoms with Crippen LogP contribution < -0.4 is 0 Å². The van der Waals surface area contributed by atoms with Crippen molar-refractivity contribution in [3.8, 4) is 0 Å². The van der Waals surface area contributed by atoms with E-state index in [2.05, 4.69) is 31.9 Å². The summed E-state index contributed by atoms with van der Waals surface area (Å²) in [4.78, 5) is 9.53. The minimum atomic E-state index is -0.962. The van der Waals surface area contributed by atoms with Gasteiger partial charge in [0, 0.05) is 0 Å². The number of carboxylic acids is 1. The van der Waals surface area contributed by atoms with Crippen LogP contribution in [0.15, 0.2) is 24.3 Å². The van der Waals surface area contributed by atoms with Gasteiger partial charge in [0.05, 0.1) is 4.83 Å². The van der Waals surface area contributed by atoms with Crippen LogP contribution in [0.25, 0.3) is 0 Å². The molecule has 1 aromatic carbocycles. The predicted molar refractivity (Wildman–Crippen MR) is 58.4 cm³/mol. The van der Waals surface area contributed by atoms with Gasteiger partial charge < -0.3 is 5.11 Å². The average Bonchev–Trinajstić information content (AvgIpc) is 2.16. The van der Waals surface area contributed by atoms with E-state index in [1.165, 1.54) is 12.1 Å². The highest BCUT2D eigenvalue weighted by atomic mass is 79.9. The first-order valence-corrected chi connectivity index (χ1v) is 5.62. The summed E-state index contributed by atoms with van der Waals surface area (Å²) in [5.74, 6) is -1.30. The Morgan fingerprint density at radius 1 is 1.29 bits per heavy atom. The molecule has 14 heavy (non-hydrogen) atoms. The Kier molecular flexibility index (Phi) is 4.07. The van der Waals surface area contributed by atoms with E-state index >= 15 is 0 Å². The van der Waals surface area contributed by atoms with E-state index in [0.717, 1.165) is 5.56 Å². The number of benzene rings is 1. The number of carbonyl (C=O) groups is 1. The molecule has 0 amide bonds. The molecule has 0 bridgehead atoms. The summed E-state index contributed by atoms with van der Waals surface area (Å²) >= 11 is 6.25. The van der Waals surface area contributed by atoms with Crippen LogP contribution in [-0.2, 0) is 4.79 Å². The first-order chi connectivity index (χ1) is 6.52. The van der Waals surface area contributed by atoms with Crippen LogP contribution in [0, 0.1) is 5.82 Å². The zero-order chi connectivity index (χ0) is 10.7. The Labute approximate surface area is 97.4 Å². The monoisotopic (exact) mass is 324 g/mol. The van der Waals surface area contributed by atoms with E-state index in [0.29, 0.717) is 0 Å². The minimum absolute atomic E-state index is 0.338. The highest BCUT2D eigenvalue weighted by Crippen LogP contribution is 2.31. The highest BCUT2D eigenvalue weighted by Gasteiger charge is 2.24. The first kappa shape index (κ1) is 11.7. The molecule has 76 valence electrons. The molecule has 2 atom stereocenters. The lowest BCUT2D eigenvalue weighted by Crippen LogP contribution is -2.17. The third-order valence-electron chi connectivity index (χ3n) is 1.68. The summed E-state index contributed by atoms with van der Waals surface area (Å²) in [6, 6.07) is 5.69. The number of carboxylic acid groups (broad SMARTS) is 1. The quantitative estimate of drug-likeness (QED) is 0.867. The fourth-order valence-corrected chi connectivity index (χ4v) is 1.78. The summed E-state index contributed by atoms with van der Waals surface area (Å²) < 4.78 is 12.6. The molecule has 1 aromatic rings. The van der Waals surface area contributed by atoms with Crippen molar-refractivity contribution >= 4 is 37.8 Å². The van der Waals surface area contributed by atoms with Crippen LogP contribution in [-0.4, -0.2) is 15.9 Å². The molecule has 0 aliphatic rings. The van der Waals surface area contributed by atoms with Crippen molar-refractivity contribution in [1.29, 1.82) is 0 Å². The maximum absolute atomic E-state index is 12.6. The van der Waals surface area contributed by atoms with Crippen molar-refractivity contribution < 1.29 is 14.3 Å². The largest absolute Gasteiger partial charge is 0.480 e. The smallest absolute Gasteiger partial charge is 0.318 e. The van der Waals surface area contributed by atoms with E-state index < -0.39 is 10.8 Å². The second-order valence-corrected chi connectivity index (χ2v) is 4.67. The minimum Gasteiger partial charge on any atom is -0.480 e. The van der Waals surface area contributed by atoms with Crippen LogP contribution in [0.3, 0.4) is 0 Å². The van der Waals surface area contributed by atoms with Crippen molar-refractivity contribution in [3.63, 3.8) is 0 Å². The maximum atomic E-state index is 12.6. The number of alkyl halides is 2. The van der Waals surface area contributed by atoms with Crippen molar-refractivity contribution in [2.45, 2.75) is 9.65 Å². The van der Waals surface area contributed by atoms with E-state index in [9.17, 15) is 9.18 Å². The van der Waals surface area contributed by atoms with Gasteiger partial charge in [-0.25, -0.2) is 4.39 Å².